The van der Waals surface area contributed by atoms with E-state index in [1.807, 2.05) is 27.7 Å². The summed E-state index contributed by atoms with van der Waals surface area (Å²) in [5, 5.41) is 2.71. The van der Waals surface area contributed by atoms with Gasteiger partial charge in [0.1, 0.15) is 5.60 Å². The molecule has 0 rings (SSSR count). The van der Waals surface area contributed by atoms with Gasteiger partial charge in [-0.15, -0.1) is 0 Å². The van der Waals surface area contributed by atoms with Crippen LogP contribution in [0.1, 0.15) is 47.0 Å². The number of rotatable bonds is 5. The number of nitrogens with one attached hydrogen (secondary N) is 1. The quantitative estimate of drug-likeness (QED) is 0.691. The number of hydrogen-bond acceptors (Lipinski definition) is 3. The van der Waals surface area contributed by atoms with Crippen molar-refractivity contribution in [1.29, 1.82) is 0 Å². The van der Waals surface area contributed by atoms with Crippen molar-refractivity contribution < 1.29 is 9.53 Å². The number of carbonyl (C=O) groups is 1. The summed E-state index contributed by atoms with van der Waals surface area (Å²) in [4.78, 5) is 11.2. The van der Waals surface area contributed by atoms with Gasteiger partial charge in [0.2, 0.25) is 0 Å². The van der Waals surface area contributed by atoms with Crippen molar-refractivity contribution in [2.24, 2.45) is 5.73 Å². The number of carbonyl (C=O) groups excluding carboxylic acids is 1. The van der Waals surface area contributed by atoms with Gasteiger partial charge < -0.3 is 15.8 Å². The first kappa shape index (κ1) is 14.2. The minimum absolute atomic E-state index is 0.242. The van der Waals surface area contributed by atoms with E-state index < -0.39 is 5.60 Å². The van der Waals surface area contributed by atoms with E-state index in [2.05, 4.69) is 5.32 Å². The Labute approximate surface area is 92.6 Å². The van der Waals surface area contributed by atoms with Crippen LogP contribution in [0.5, 0.6) is 0 Å². The number of amides is 1. The Hall–Kier alpha value is -0.770. The van der Waals surface area contributed by atoms with Crippen LogP contribution in [0, 0.1) is 0 Å². The maximum atomic E-state index is 11.2. The third kappa shape index (κ3) is 11.2. The molecule has 3 N–H and O–H groups in total. The van der Waals surface area contributed by atoms with Crippen LogP contribution < -0.4 is 11.1 Å². The summed E-state index contributed by atoms with van der Waals surface area (Å²) in [7, 11) is 0. The maximum Gasteiger partial charge on any atom is 0.407 e. The topological polar surface area (TPSA) is 64.3 Å². The molecule has 0 spiro atoms. The molecule has 0 aliphatic carbocycles. The van der Waals surface area contributed by atoms with E-state index in [0.29, 0.717) is 6.54 Å². The molecule has 0 fully saturated rings. The number of nitrogens with two attached hydrogens (primary N) is 1. The fraction of sp³-hybridized carbons (Fsp3) is 0.909. The first-order chi connectivity index (χ1) is 6.81. The molecule has 15 heavy (non-hydrogen) atoms. The zero-order valence-electron chi connectivity index (χ0n) is 10.3. The highest BCUT2D eigenvalue weighted by molar-refractivity contribution is 5.67. The minimum Gasteiger partial charge on any atom is -0.444 e. The molecule has 0 bridgehead atoms. The first-order valence-electron chi connectivity index (χ1n) is 5.53. The lowest BCUT2D eigenvalue weighted by Gasteiger charge is -2.19. The van der Waals surface area contributed by atoms with Gasteiger partial charge in [-0.3, -0.25) is 0 Å². The third-order valence-corrected chi connectivity index (χ3v) is 1.75. The highest BCUT2D eigenvalue weighted by Gasteiger charge is 2.15. The monoisotopic (exact) mass is 216 g/mol. The summed E-state index contributed by atoms with van der Waals surface area (Å²) in [6.45, 7) is 8.19. The molecule has 4 heteroatoms. The van der Waals surface area contributed by atoms with Crippen LogP contribution in [-0.4, -0.2) is 24.3 Å². The average molecular weight is 216 g/mol. The molecule has 1 atom stereocenters. The molecule has 0 saturated carbocycles. The predicted molar refractivity (Wildman–Crippen MR) is 61.7 cm³/mol. The Morgan fingerprint density at radius 2 is 2.00 bits per heavy atom. The molecule has 0 unspecified atom stereocenters. The average Bonchev–Trinajstić information content (AvgIpc) is 1.99. The molecule has 0 heterocycles. The van der Waals surface area contributed by atoms with Crippen molar-refractivity contribution >= 4 is 6.09 Å². The first-order valence-corrected chi connectivity index (χ1v) is 5.53. The van der Waals surface area contributed by atoms with E-state index in [1.54, 1.807) is 0 Å². The summed E-state index contributed by atoms with van der Waals surface area (Å²) in [5.74, 6) is 0. The third-order valence-electron chi connectivity index (χ3n) is 1.75. The van der Waals surface area contributed by atoms with Gasteiger partial charge in [0.25, 0.3) is 0 Å². The van der Waals surface area contributed by atoms with Crippen LogP contribution >= 0.6 is 0 Å². The molecule has 0 aliphatic heterocycles. The molecule has 0 radical (unpaired) electrons. The lowest BCUT2D eigenvalue weighted by Crippen LogP contribution is -2.33. The van der Waals surface area contributed by atoms with Gasteiger partial charge in [-0.25, -0.2) is 4.79 Å². The molecule has 0 aromatic carbocycles. The van der Waals surface area contributed by atoms with E-state index in [0.717, 1.165) is 19.3 Å². The summed E-state index contributed by atoms with van der Waals surface area (Å²) in [5.41, 5.74) is 5.18. The van der Waals surface area contributed by atoms with Gasteiger partial charge in [0.15, 0.2) is 0 Å². The van der Waals surface area contributed by atoms with Crippen molar-refractivity contribution in [2.75, 3.05) is 6.54 Å². The molecular weight excluding hydrogens is 192 g/mol. The van der Waals surface area contributed by atoms with Gasteiger partial charge in [-0.1, -0.05) is 6.42 Å². The van der Waals surface area contributed by atoms with Gasteiger partial charge in [-0.05, 0) is 40.5 Å². The number of alkyl carbamates (subject to hydrolysis) is 1. The van der Waals surface area contributed by atoms with Crippen LogP contribution in [0.3, 0.4) is 0 Å². The second-order valence-electron chi connectivity index (χ2n) is 4.90. The van der Waals surface area contributed by atoms with Crippen LogP contribution in [0.15, 0.2) is 0 Å². The van der Waals surface area contributed by atoms with Gasteiger partial charge >= 0.3 is 6.09 Å². The normalized spacial score (nSPS) is 13.4. The molecule has 0 aromatic rings. The molecule has 0 aliphatic rings. The fourth-order valence-electron chi connectivity index (χ4n) is 1.10. The summed E-state index contributed by atoms with van der Waals surface area (Å²) in [6.07, 6.45) is 2.63. The molecule has 90 valence electrons. The van der Waals surface area contributed by atoms with Crippen LogP contribution in [0.4, 0.5) is 4.79 Å². The van der Waals surface area contributed by atoms with Crippen molar-refractivity contribution in [1.82, 2.24) is 5.32 Å². The zero-order valence-corrected chi connectivity index (χ0v) is 10.3. The van der Waals surface area contributed by atoms with Gasteiger partial charge in [0, 0.05) is 12.6 Å². The SMILES string of the molecule is C[C@H](N)CCCCNC(=O)OC(C)(C)C. The van der Waals surface area contributed by atoms with Gasteiger partial charge in [0.05, 0.1) is 0 Å². The Bertz CT molecular complexity index is 186. The molecule has 0 saturated heterocycles. The maximum absolute atomic E-state index is 11.2. The van der Waals surface area contributed by atoms with E-state index in [9.17, 15) is 4.79 Å². The Kier molecular flexibility index (Phi) is 6.32. The Morgan fingerprint density at radius 3 is 2.47 bits per heavy atom. The standard InChI is InChI=1S/C11H24N2O2/c1-9(12)7-5-6-8-13-10(14)15-11(2,3)4/h9H,5-8,12H2,1-4H3,(H,13,14)/t9-/m0/s1. The number of unbranched alkanes of at least 4 members (excludes halogenated alkanes) is 1. The number of hydrogen-bond donors (Lipinski definition) is 2. The Morgan fingerprint density at radius 1 is 1.40 bits per heavy atom. The van der Waals surface area contributed by atoms with E-state index in [4.69, 9.17) is 10.5 Å². The molecule has 1 amide bonds. The van der Waals surface area contributed by atoms with E-state index in [-0.39, 0.29) is 12.1 Å². The number of ether oxygens (including phenoxy) is 1. The van der Waals surface area contributed by atoms with Crippen molar-refractivity contribution in [2.45, 2.75) is 58.6 Å². The lowest BCUT2D eigenvalue weighted by molar-refractivity contribution is 0.0527. The smallest absolute Gasteiger partial charge is 0.407 e. The highest BCUT2D eigenvalue weighted by Crippen LogP contribution is 2.06. The largest absolute Gasteiger partial charge is 0.444 e. The van der Waals surface area contributed by atoms with Crippen molar-refractivity contribution in [3.05, 3.63) is 0 Å². The highest BCUT2D eigenvalue weighted by atomic mass is 16.6. The second-order valence-corrected chi connectivity index (χ2v) is 4.90. The summed E-state index contributed by atoms with van der Waals surface area (Å²) in [6, 6.07) is 0.242. The molecular formula is C11H24N2O2. The second kappa shape index (κ2) is 6.67. The Balaban J connectivity index is 3.40. The summed E-state index contributed by atoms with van der Waals surface area (Å²) >= 11 is 0. The summed E-state index contributed by atoms with van der Waals surface area (Å²) < 4.78 is 5.09. The van der Waals surface area contributed by atoms with Gasteiger partial charge in [-0.2, -0.15) is 0 Å². The lowest BCUT2D eigenvalue weighted by atomic mass is 10.1. The fourth-order valence-corrected chi connectivity index (χ4v) is 1.10. The van der Waals surface area contributed by atoms with Crippen LogP contribution in [0.25, 0.3) is 0 Å². The minimum atomic E-state index is -0.421. The van der Waals surface area contributed by atoms with E-state index in [1.165, 1.54) is 0 Å². The van der Waals surface area contributed by atoms with Crippen molar-refractivity contribution in [3.8, 4) is 0 Å². The molecule has 0 aromatic heterocycles. The predicted octanol–water partition coefficient (Wildman–Crippen LogP) is 2.03. The zero-order chi connectivity index (χ0) is 11.9. The molecule has 4 nitrogen and oxygen atoms in total. The van der Waals surface area contributed by atoms with Crippen molar-refractivity contribution in [3.63, 3.8) is 0 Å². The van der Waals surface area contributed by atoms with Crippen LogP contribution in [-0.2, 0) is 4.74 Å². The van der Waals surface area contributed by atoms with Crippen LogP contribution in [0.2, 0.25) is 0 Å². The van der Waals surface area contributed by atoms with E-state index >= 15 is 0 Å².